The van der Waals surface area contributed by atoms with Crippen LogP contribution in [0.15, 0.2) is 35.5 Å². The summed E-state index contributed by atoms with van der Waals surface area (Å²) < 4.78 is 0. The van der Waals surface area contributed by atoms with Gasteiger partial charge < -0.3 is 10.6 Å². The molecule has 0 saturated heterocycles. The van der Waals surface area contributed by atoms with Crippen LogP contribution in [0, 0.1) is 0 Å². The highest BCUT2D eigenvalue weighted by atomic mass is 16.7. The molecular formula is C11H14N2O. The first-order valence-electron chi connectivity index (χ1n) is 4.74. The van der Waals surface area contributed by atoms with Gasteiger partial charge in [-0.3, -0.25) is 0 Å². The lowest BCUT2D eigenvalue weighted by Gasteiger charge is -2.21. The molecule has 1 aromatic carbocycles. The summed E-state index contributed by atoms with van der Waals surface area (Å²) in [7, 11) is 0. The van der Waals surface area contributed by atoms with E-state index in [9.17, 15) is 0 Å². The van der Waals surface area contributed by atoms with Gasteiger partial charge in [0, 0.05) is 13.0 Å². The van der Waals surface area contributed by atoms with E-state index in [2.05, 4.69) is 17.3 Å². The highest BCUT2D eigenvalue weighted by Gasteiger charge is 2.35. The number of hydrogen-bond donors (Lipinski definition) is 1. The second kappa shape index (κ2) is 3.42. The van der Waals surface area contributed by atoms with Crippen LogP contribution < -0.4 is 5.73 Å². The van der Waals surface area contributed by atoms with Gasteiger partial charge in [-0.1, -0.05) is 35.5 Å². The third kappa shape index (κ3) is 1.51. The van der Waals surface area contributed by atoms with Crippen LogP contribution in [0.25, 0.3) is 0 Å². The first-order chi connectivity index (χ1) is 6.74. The molecule has 1 heterocycles. The van der Waals surface area contributed by atoms with Gasteiger partial charge in [-0.2, -0.15) is 0 Å². The van der Waals surface area contributed by atoms with Crippen molar-refractivity contribution < 1.29 is 4.84 Å². The molecular weight excluding hydrogens is 176 g/mol. The molecule has 0 radical (unpaired) electrons. The minimum absolute atomic E-state index is 0.323. The van der Waals surface area contributed by atoms with E-state index in [1.165, 1.54) is 0 Å². The molecule has 14 heavy (non-hydrogen) atoms. The summed E-state index contributed by atoms with van der Waals surface area (Å²) in [6.07, 6.45) is 0.785. The number of rotatable bonds is 2. The van der Waals surface area contributed by atoms with E-state index < -0.39 is 0 Å². The minimum atomic E-state index is -0.323. The fraction of sp³-hybridized carbons (Fsp3) is 0.364. The van der Waals surface area contributed by atoms with Gasteiger partial charge in [0.1, 0.15) is 0 Å². The molecule has 0 spiro atoms. The van der Waals surface area contributed by atoms with Crippen LogP contribution in [0.4, 0.5) is 0 Å². The van der Waals surface area contributed by atoms with Gasteiger partial charge in [0.2, 0.25) is 0 Å². The summed E-state index contributed by atoms with van der Waals surface area (Å²) in [6, 6.07) is 10.1. The molecule has 0 amide bonds. The predicted octanol–water partition coefficient (Wildman–Crippen LogP) is 1.64. The number of nitrogens with zero attached hydrogens (tertiary/aromatic N) is 1. The zero-order valence-corrected chi connectivity index (χ0v) is 8.23. The topological polar surface area (TPSA) is 47.6 Å². The zero-order valence-electron chi connectivity index (χ0n) is 8.23. The van der Waals surface area contributed by atoms with Crippen LogP contribution in [0.3, 0.4) is 0 Å². The Hall–Kier alpha value is -1.35. The van der Waals surface area contributed by atoms with Crippen molar-refractivity contribution in [3.8, 4) is 0 Å². The first-order valence-corrected chi connectivity index (χ1v) is 4.74. The quantitative estimate of drug-likeness (QED) is 0.770. The smallest absolute Gasteiger partial charge is 0.165 e. The molecule has 2 rings (SSSR count). The largest absolute Gasteiger partial charge is 0.384 e. The van der Waals surface area contributed by atoms with Crippen molar-refractivity contribution in [3.05, 3.63) is 35.9 Å². The van der Waals surface area contributed by atoms with Gasteiger partial charge in [-0.05, 0) is 12.5 Å². The van der Waals surface area contributed by atoms with E-state index in [1.54, 1.807) is 0 Å². The molecule has 3 heteroatoms. The molecule has 0 fully saturated rings. The maximum atomic E-state index is 5.52. The van der Waals surface area contributed by atoms with Gasteiger partial charge in [-0.25, -0.2) is 0 Å². The van der Waals surface area contributed by atoms with E-state index in [4.69, 9.17) is 10.6 Å². The van der Waals surface area contributed by atoms with Crippen molar-refractivity contribution in [2.24, 2.45) is 10.9 Å². The van der Waals surface area contributed by atoms with E-state index in [0.717, 1.165) is 17.7 Å². The number of oxime groups is 1. The zero-order chi connectivity index (χ0) is 10.0. The fourth-order valence-corrected chi connectivity index (χ4v) is 1.67. The van der Waals surface area contributed by atoms with Crippen molar-refractivity contribution in [1.29, 1.82) is 0 Å². The monoisotopic (exact) mass is 190 g/mol. The summed E-state index contributed by atoms with van der Waals surface area (Å²) in [5, 5.41) is 3.98. The Morgan fingerprint density at radius 2 is 2.14 bits per heavy atom. The molecule has 1 atom stereocenters. The second-order valence-corrected chi connectivity index (χ2v) is 3.73. The summed E-state index contributed by atoms with van der Waals surface area (Å²) in [4.78, 5) is 5.44. The van der Waals surface area contributed by atoms with Crippen LogP contribution in [-0.4, -0.2) is 12.3 Å². The summed E-state index contributed by atoms with van der Waals surface area (Å²) in [6.45, 7) is 2.51. The van der Waals surface area contributed by atoms with Gasteiger partial charge in [0.15, 0.2) is 5.60 Å². The van der Waals surface area contributed by atoms with Crippen LogP contribution in [0.2, 0.25) is 0 Å². The summed E-state index contributed by atoms with van der Waals surface area (Å²) in [5.41, 5.74) is 7.27. The predicted molar refractivity (Wildman–Crippen MR) is 56.0 cm³/mol. The van der Waals surface area contributed by atoms with Crippen LogP contribution >= 0.6 is 0 Å². The summed E-state index contributed by atoms with van der Waals surface area (Å²) >= 11 is 0. The number of hydrogen-bond acceptors (Lipinski definition) is 3. The maximum Gasteiger partial charge on any atom is 0.165 e. The Balaban J connectivity index is 2.21. The van der Waals surface area contributed by atoms with E-state index in [-0.39, 0.29) is 5.60 Å². The van der Waals surface area contributed by atoms with Crippen LogP contribution in [0.1, 0.15) is 18.9 Å². The van der Waals surface area contributed by atoms with Crippen molar-refractivity contribution in [2.45, 2.75) is 18.9 Å². The molecule has 0 aromatic heterocycles. The molecule has 1 aromatic rings. The van der Waals surface area contributed by atoms with Gasteiger partial charge >= 0.3 is 0 Å². The SMILES string of the molecule is C[C@@]1(c2ccccc2)CC(CN)=NO1. The van der Waals surface area contributed by atoms with Crippen molar-refractivity contribution in [3.63, 3.8) is 0 Å². The Bertz CT molecular complexity index is 348. The molecule has 1 aliphatic heterocycles. The summed E-state index contributed by atoms with van der Waals surface area (Å²) in [5.74, 6) is 0. The molecule has 0 unspecified atom stereocenters. The number of nitrogens with two attached hydrogens (primary N) is 1. The average molecular weight is 190 g/mol. The number of benzene rings is 1. The van der Waals surface area contributed by atoms with E-state index in [1.807, 2.05) is 25.1 Å². The maximum absolute atomic E-state index is 5.52. The molecule has 3 nitrogen and oxygen atoms in total. The first kappa shape index (κ1) is 9.21. The van der Waals surface area contributed by atoms with Crippen molar-refractivity contribution in [2.75, 3.05) is 6.54 Å². The molecule has 2 N–H and O–H groups in total. The van der Waals surface area contributed by atoms with Gasteiger partial charge in [-0.15, -0.1) is 0 Å². The normalized spacial score (nSPS) is 25.7. The fourth-order valence-electron chi connectivity index (χ4n) is 1.67. The van der Waals surface area contributed by atoms with Gasteiger partial charge in [0.25, 0.3) is 0 Å². The van der Waals surface area contributed by atoms with Crippen molar-refractivity contribution in [1.82, 2.24) is 0 Å². The standard InChI is InChI=1S/C11H14N2O/c1-11(7-10(8-12)13-14-11)9-5-3-2-4-6-9/h2-6H,7-8,12H2,1H3/t11-/m0/s1. The van der Waals surface area contributed by atoms with Gasteiger partial charge in [0.05, 0.1) is 5.71 Å². The highest BCUT2D eigenvalue weighted by molar-refractivity contribution is 5.87. The highest BCUT2D eigenvalue weighted by Crippen LogP contribution is 2.33. The van der Waals surface area contributed by atoms with Crippen LogP contribution in [0.5, 0.6) is 0 Å². The molecule has 1 aliphatic rings. The van der Waals surface area contributed by atoms with E-state index >= 15 is 0 Å². The Labute approximate surface area is 83.6 Å². The molecule has 0 aliphatic carbocycles. The third-order valence-electron chi connectivity index (χ3n) is 2.54. The average Bonchev–Trinajstić information content (AvgIpc) is 2.63. The van der Waals surface area contributed by atoms with Crippen molar-refractivity contribution >= 4 is 5.71 Å². The Morgan fingerprint density at radius 1 is 1.43 bits per heavy atom. The lowest BCUT2D eigenvalue weighted by atomic mass is 9.91. The van der Waals surface area contributed by atoms with E-state index in [0.29, 0.717) is 6.54 Å². The third-order valence-corrected chi connectivity index (χ3v) is 2.54. The minimum Gasteiger partial charge on any atom is -0.384 e. The Kier molecular flexibility index (Phi) is 2.25. The lowest BCUT2D eigenvalue weighted by molar-refractivity contribution is -0.00738. The second-order valence-electron chi connectivity index (χ2n) is 3.73. The Morgan fingerprint density at radius 3 is 2.71 bits per heavy atom. The molecule has 0 saturated carbocycles. The molecule has 0 bridgehead atoms. The molecule has 74 valence electrons. The lowest BCUT2D eigenvalue weighted by Crippen LogP contribution is -2.23. The van der Waals surface area contributed by atoms with Crippen LogP contribution in [-0.2, 0) is 10.4 Å².